The van der Waals surface area contributed by atoms with Crippen LogP contribution in [0.1, 0.15) is 92.9 Å². The van der Waals surface area contributed by atoms with Crippen LogP contribution in [-0.4, -0.2) is 21.3 Å². The molecule has 1 heterocycles. The van der Waals surface area contributed by atoms with Crippen molar-refractivity contribution < 1.29 is 9.90 Å². The first-order valence-electron chi connectivity index (χ1n) is 10.4. The molecule has 0 saturated carbocycles. The number of nitrogens with zero attached hydrogens (tertiary/aromatic N) is 2. The number of aromatic nitrogens is 2. The number of aryl methyl sites for hydroxylation is 1. The van der Waals surface area contributed by atoms with Gasteiger partial charge in [0.1, 0.15) is 10.0 Å². The second-order valence-corrected chi connectivity index (χ2v) is 8.23. The van der Waals surface area contributed by atoms with Gasteiger partial charge in [-0.2, -0.15) is 0 Å². The van der Waals surface area contributed by atoms with Crippen LogP contribution in [0.15, 0.2) is 24.3 Å². The van der Waals surface area contributed by atoms with Gasteiger partial charge in [-0.3, -0.25) is 0 Å². The summed E-state index contributed by atoms with van der Waals surface area (Å²) in [6.45, 7) is 2.26. The predicted octanol–water partition coefficient (Wildman–Crippen LogP) is 6.76. The standard InChI is InChI=1S/C22H32N2O2S/c1-2-3-4-5-6-7-8-9-10-11-12-13-20-23-24-21(27-20)18-14-16-19(17-15-18)22(25)26/h14-17H,2-13H2,1H3,(H,25,26). The molecular weight excluding hydrogens is 356 g/mol. The quantitative estimate of drug-likeness (QED) is 0.363. The van der Waals surface area contributed by atoms with Crippen molar-refractivity contribution in [3.63, 3.8) is 0 Å². The minimum absolute atomic E-state index is 0.296. The topological polar surface area (TPSA) is 63.1 Å². The molecule has 5 heteroatoms. The fourth-order valence-electron chi connectivity index (χ4n) is 3.17. The van der Waals surface area contributed by atoms with Crippen LogP contribution in [0.2, 0.25) is 0 Å². The first-order chi connectivity index (χ1) is 13.2. The maximum absolute atomic E-state index is 10.9. The highest BCUT2D eigenvalue weighted by Gasteiger charge is 2.08. The van der Waals surface area contributed by atoms with Gasteiger partial charge in [0.15, 0.2) is 0 Å². The van der Waals surface area contributed by atoms with E-state index in [9.17, 15) is 4.79 Å². The van der Waals surface area contributed by atoms with E-state index in [1.165, 1.54) is 70.6 Å². The van der Waals surface area contributed by atoms with E-state index in [1.54, 1.807) is 35.6 Å². The molecule has 0 radical (unpaired) electrons. The summed E-state index contributed by atoms with van der Waals surface area (Å²) in [4.78, 5) is 10.9. The number of carboxylic acid groups (broad SMARTS) is 1. The Morgan fingerprint density at radius 3 is 1.96 bits per heavy atom. The summed E-state index contributed by atoms with van der Waals surface area (Å²) in [5.41, 5.74) is 1.23. The van der Waals surface area contributed by atoms with Crippen molar-refractivity contribution in [2.45, 2.75) is 84.0 Å². The minimum Gasteiger partial charge on any atom is -0.478 e. The van der Waals surface area contributed by atoms with Crippen molar-refractivity contribution in [3.05, 3.63) is 34.8 Å². The summed E-state index contributed by atoms with van der Waals surface area (Å²) in [5.74, 6) is -0.906. The normalized spacial score (nSPS) is 11.0. The predicted molar refractivity (Wildman–Crippen MR) is 112 cm³/mol. The number of carbonyl (C=O) groups is 1. The molecule has 0 aliphatic heterocycles. The van der Waals surface area contributed by atoms with Gasteiger partial charge in [-0.05, 0) is 18.6 Å². The molecule has 1 aromatic heterocycles. The summed E-state index contributed by atoms with van der Waals surface area (Å²) >= 11 is 1.61. The SMILES string of the molecule is CCCCCCCCCCCCCc1nnc(-c2ccc(C(=O)O)cc2)s1. The van der Waals surface area contributed by atoms with Gasteiger partial charge >= 0.3 is 5.97 Å². The molecular formula is C22H32N2O2S. The Labute approximate surface area is 167 Å². The Balaban J connectivity index is 1.58. The Kier molecular flexibility index (Phi) is 10.1. The van der Waals surface area contributed by atoms with Gasteiger partial charge in [-0.15, -0.1) is 10.2 Å². The first-order valence-corrected chi connectivity index (χ1v) is 11.2. The Bertz CT molecular complexity index is 667. The first kappa shape index (κ1) is 21.5. The summed E-state index contributed by atoms with van der Waals surface area (Å²) in [7, 11) is 0. The monoisotopic (exact) mass is 388 g/mol. The number of aromatic carboxylic acids is 1. The summed E-state index contributed by atoms with van der Waals surface area (Å²) < 4.78 is 0. The zero-order valence-corrected chi connectivity index (χ0v) is 17.3. The lowest BCUT2D eigenvalue weighted by Gasteiger charge is -2.02. The highest BCUT2D eigenvalue weighted by atomic mass is 32.1. The number of benzene rings is 1. The Morgan fingerprint density at radius 2 is 1.41 bits per heavy atom. The van der Waals surface area contributed by atoms with Crippen molar-refractivity contribution in [2.75, 3.05) is 0 Å². The van der Waals surface area contributed by atoms with E-state index in [2.05, 4.69) is 17.1 Å². The number of hydrogen-bond donors (Lipinski definition) is 1. The van der Waals surface area contributed by atoms with Crippen molar-refractivity contribution >= 4 is 17.3 Å². The van der Waals surface area contributed by atoms with E-state index in [0.29, 0.717) is 5.56 Å². The molecule has 1 N–H and O–H groups in total. The molecule has 0 fully saturated rings. The highest BCUT2D eigenvalue weighted by molar-refractivity contribution is 7.14. The van der Waals surface area contributed by atoms with Crippen molar-refractivity contribution in [3.8, 4) is 10.6 Å². The van der Waals surface area contributed by atoms with E-state index in [-0.39, 0.29) is 0 Å². The maximum atomic E-state index is 10.9. The lowest BCUT2D eigenvalue weighted by molar-refractivity contribution is 0.0697. The maximum Gasteiger partial charge on any atom is 0.335 e. The van der Waals surface area contributed by atoms with Gasteiger partial charge in [0, 0.05) is 12.0 Å². The van der Waals surface area contributed by atoms with Crippen LogP contribution in [0.3, 0.4) is 0 Å². The van der Waals surface area contributed by atoms with Crippen molar-refractivity contribution in [1.29, 1.82) is 0 Å². The zero-order chi connectivity index (χ0) is 19.3. The van der Waals surface area contributed by atoms with Crippen LogP contribution in [0.4, 0.5) is 0 Å². The average molecular weight is 389 g/mol. The van der Waals surface area contributed by atoms with Gasteiger partial charge in [0.2, 0.25) is 0 Å². The lowest BCUT2D eigenvalue weighted by atomic mass is 10.1. The third kappa shape index (κ3) is 8.21. The average Bonchev–Trinajstić information content (AvgIpc) is 3.15. The Morgan fingerprint density at radius 1 is 0.852 bits per heavy atom. The van der Waals surface area contributed by atoms with E-state index in [0.717, 1.165) is 22.0 Å². The second-order valence-electron chi connectivity index (χ2n) is 7.17. The van der Waals surface area contributed by atoms with Gasteiger partial charge < -0.3 is 5.11 Å². The van der Waals surface area contributed by atoms with Crippen LogP contribution >= 0.6 is 11.3 Å². The van der Waals surface area contributed by atoms with Crippen LogP contribution in [-0.2, 0) is 6.42 Å². The molecule has 0 unspecified atom stereocenters. The highest BCUT2D eigenvalue weighted by Crippen LogP contribution is 2.25. The van der Waals surface area contributed by atoms with E-state index in [1.807, 2.05) is 0 Å². The molecule has 0 aliphatic carbocycles. The van der Waals surface area contributed by atoms with E-state index in [4.69, 9.17) is 5.11 Å². The van der Waals surface area contributed by atoms with Gasteiger partial charge in [0.05, 0.1) is 5.56 Å². The van der Waals surface area contributed by atoms with Crippen LogP contribution in [0.25, 0.3) is 10.6 Å². The molecule has 27 heavy (non-hydrogen) atoms. The Hall–Kier alpha value is -1.75. The molecule has 2 aromatic rings. The van der Waals surface area contributed by atoms with Crippen molar-refractivity contribution in [2.24, 2.45) is 0 Å². The smallest absolute Gasteiger partial charge is 0.335 e. The molecule has 0 bridgehead atoms. The second kappa shape index (κ2) is 12.6. The zero-order valence-electron chi connectivity index (χ0n) is 16.5. The van der Waals surface area contributed by atoms with E-state index < -0.39 is 5.97 Å². The minimum atomic E-state index is -0.906. The molecule has 1 aromatic carbocycles. The molecule has 0 atom stereocenters. The molecule has 0 saturated heterocycles. The summed E-state index contributed by atoms with van der Waals surface area (Å²) in [6.07, 6.45) is 15.8. The number of unbranched alkanes of at least 4 members (excludes halogenated alkanes) is 10. The number of carboxylic acids is 1. The lowest BCUT2D eigenvalue weighted by Crippen LogP contribution is -1.94. The molecule has 148 valence electrons. The van der Waals surface area contributed by atoms with Crippen LogP contribution < -0.4 is 0 Å². The number of rotatable bonds is 14. The van der Waals surface area contributed by atoms with Crippen LogP contribution in [0, 0.1) is 0 Å². The fraction of sp³-hybridized carbons (Fsp3) is 0.591. The largest absolute Gasteiger partial charge is 0.478 e. The fourth-order valence-corrected chi connectivity index (χ4v) is 4.05. The van der Waals surface area contributed by atoms with Gasteiger partial charge in [-0.25, -0.2) is 4.79 Å². The summed E-state index contributed by atoms with van der Waals surface area (Å²) in [5, 5.41) is 19.4. The molecule has 0 amide bonds. The molecule has 0 aliphatic rings. The number of hydrogen-bond acceptors (Lipinski definition) is 4. The molecule has 0 spiro atoms. The third-order valence-corrected chi connectivity index (χ3v) is 5.87. The van der Waals surface area contributed by atoms with Crippen molar-refractivity contribution in [1.82, 2.24) is 10.2 Å². The van der Waals surface area contributed by atoms with Gasteiger partial charge in [-0.1, -0.05) is 94.6 Å². The van der Waals surface area contributed by atoms with Crippen LogP contribution in [0.5, 0.6) is 0 Å². The molecule has 2 rings (SSSR count). The van der Waals surface area contributed by atoms with E-state index >= 15 is 0 Å². The van der Waals surface area contributed by atoms with Gasteiger partial charge in [0.25, 0.3) is 0 Å². The summed E-state index contributed by atoms with van der Waals surface area (Å²) in [6, 6.07) is 6.83. The molecule has 4 nitrogen and oxygen atoms in total. The third-order valence-electron chi connectivity index (χ3n) is 4.84.